The van der Waals surface area contributed by atoms with Crippen LogP contribution >= 0.6 is 0 Å². The third kappa shape index (κ3) is 6.24. The lowest BCUT2D eigenvalue weighted by Gasteiger charge is -2.20. The Bertz CT molecular complexity index is 947. The van der Waals surface area contributed by atoms with Crippen LogP contribution in [0.2, 0.25) is 0 Å². The number of ether oxygens (including phenoxy) is 2. The monoisotopic (exact) mass is 400 g/mol. The number of carboxylic acids is 1. The van der Waals surface area contributed by atoms with Gasteiger partial charge in [0.25, 0.3) is 0 Å². The molecule has 0 atom stereocenters. The Hall–Kier alpha value is -3.55. The fourth-order valence-electron chi connectivity index (χ4n) is 2.31. The molecule has 0 aromatic heterocycles. The third-order valence-corrected chi connectivity index (χ3v) is 3.81. The number of hydrogen-bond donors (Lipinski definition) is 3. The minimum Gasteiger partial charge on any atom is -0.478 e. The largest absolute Gasteiger partial charge is 0.478 e. The van der Waals surface area contributed by atoms with Gasteiger partial charge in [-0.05, 0) is 70.0 Å². The Labute approximate surface area is 168 Å². The second-order valence-corrected chi connectivity index (χ2v) is 7.46. The molecular weight excluding hydrogens is 376 g/mol. The van der Waals surface area contributed by atoms with Crippen LogP contribution in [0.1, 0.15) is 52.6 Å². The molecular formula is C21H24N2O6. The predicted molar refractivity (Wildman–Crippen MR) is 107 cm³/mol. The molecule has 0 fully saturated rings. The Morgan fingerprint density at radius 3 is 2.17 bits per heavy atom. The molecule has 2 aromatic rings. The number of aromatic carboxylic acids is 1. The first-order chi connectivity index (χ1) is 13.5. The molecule has 154 valence electrons. The lowest BCUT2D eigenvalue weighted by Crippen LogP contribution is -2.36. The molecule has 0 saturated heterocycles. The highest BCUT2D eigenvalue weighted by Gasteiger charge is 2.17. The van der Waals surface area contributed by atoms with Crippen molar-refractivity contribution in [3.63, 3.8) is 0 Å². The van der Waals surface area contributed by atoms with Crippen LogP contribution in [0.15, 0.2) is 36.4 Å². The van der Waals surface area contributed by atoms with Gasteiger partial charge in [0.2, 0.25) is 0 Å². The van der Waals surface area contributed by atoms with E-state index in [1.165, 1.54) is 18.2 Å². The minimum atomic E-state index is -1.11. The number of hydrogen-bond acceptors (Lipinski definition) is 6. The fraction of sp³-hybridized carbons (Fsp3) is 0.286. The van der Waals surface area contributed by atoms with Gasteiger partial charge in [0.1, 0.15) is 11.4 Å². The normalized spacial score (nSPS) is 10.8. The van der Waals surface area contributed by atoms with E-state index >= 15 is 0 Å². The maximum absolute atomic E-state index is 12.5. The number of aryl methyl sites for hydroxylation is 2. The van der Waals surface area contributed by atoms with E-state index in [0.717, 1.165) is 5.56 Å². The van der Waals surface area contributed by atoms with Crippen molar-refractivity contribution in [3.8, 4) is 5.75 Å². The average Bonchev–Trinajstić information content (AvgIpc) is 2.61. The highest BCUT2D eigenvalue weighted by Crippen LogP contribution is 2.23. The quantitative estimate of drug-likeness (QED) is 0.394. The van der Waals surface area contributed by atoms with Gasteiger partial charge >= 0.3 is 18.0 Å². The highest BCUT2D eigenvalue weighted by atomic mass is 16.6. The summed E-state index contributed by atoms with van der Waals surface area (Å²) in [5.41, 5.74) is 6.63. The Morgan fingerprint density at radius 2 is 1.55 bits per heavy atom. The molecule has 0 aliphatic rings. The number of hydrazine groups is 1. The third-order valence-electron chi connectivity index (χ3n) is 3.81. The van der Waals surface area contributed by atoms with E-state index in [1.54, 1.807) is 52.8 Å². The summed E-state index contributed by atoms with van der Waals surface area (Å²) in [6.45, 7) is 8.75. The number of benzene rings is 2. The second-order valence-electron chi connectivity index (χ2n) is 7.46. The molecule has 2 rings (SSSR count). The van der Waals surface area contributed by atoms with Gasteiger partial charge in [-0.15, -0.1) is 0 Å². The van der Waals surface area contributed by atoms with Crippen molar-refractivity contribution in [2.45, 2.75) is 40.2 Å². The van der Waals surface area contributed by atoms with E-state index < -0.39 is 23.6 Å². The van der Waals surface area contributed by atoms with Crippen molar-refractivity contribution in [1.29, 1.82) is 0 Å². The number of carboxylic acid groups (broad SMARTS) is 1. The van der Waals surface area contributed by atoms with Crippen LogP contribution < -0.4 is 15.6 Å². The second kappa shape index (κ2) is 8.64. The maximum Gasteiger partial charge on any atom is 0.426 e. The van der Waals surface area contributed by atoms with Gasteiger partial charge in [0.05, 0.1) is 16.8 Å². The lowest BCUT2D eigenvalue weighted by molar-refractivity contribution is 0.0540. The van der Waals surface area contributed by atoms with Gasteiger partial charge in [-0.3, -0.25) is 5.43 Å². The zero-order valence-corrected chi connectivity index (χ0v) is 17.0. The van der Waals surface area contributed by atoms with E-state index in [2.05, 4.69) is 10.9 Å². The van der Waals surface area contributed by atoms with Gasteiger partial charge in [0, 0.05) is 0 Å². The summed E-state index contributed by atoms with van der Waals surface area (Å²) in [6.07, 6.45) is -0.661. The Balaban J connectivity index is 2.14. The highest BCUT2D eigenvalue weighted by molar-refractivity contribution is 5.93. The molecule has 0 saturated carbocycles. The first kappa shape index (κ1) is 21.7. The van der Waals surface area contributed by atoms with Crippen molar-refractivity contribution >= 4 is 23.7 Å². The van der Waals surface area contributed by atoms with E-state index in [4.69, 9.17) is 14.6 Å². The molecule has 0 aliphatic heterocycles. The van der Waals surface area contributed by atoms with Gasteiger partial charge in [-0.2, -0.15) is 0 Å². The summed E-state index contributed by atoms with van der Waals surface area (Å²) in [6, 6.07) is 9.09. The van der Waals surface area contributed by atoms with Crippen molar-refractivity contribution < 1.29 is 29.0 Å². The van der Waals surface area contributed by atoms with Crippen LogP contribution in [0, 0.1) is 13.8 Å². The number of carbonyl (C=O) groups excluding carboxylic acids is 2. The molecule has 8 nitrogen and oxygen atoms in total. The lowest BCUT2D eigenvalue weighted by atomic mass is 10.1. The van der Waals surface area contributed by atoms with Gasteiger partial charge in [-0.25, -0.2) is 19.8 Å². The Morgan fingerprint density at radius 1 is 0.931 bits per heavy atom. The number of amides is 1. The van der Waals surface area contributed by atoms with Gasteiger partial charge < -0.3 is 14.6 Å². The van der Waals surface area contributed by atoms with E-state index in [-0.39, 0.29) is 16.9 Å². The van der Waals surface area contributed by atoms with Crippen molar-refractivity contribution in [1.82, 2.24) is 5.43 Å². The first-order valence-electron chi connectivity index (χ1n) is 8.88. The zero-order valence-electron chi connectivity index (χ0n) is 17.0. The Kier molecular flexibility index (Phi) is 6.48. The molecule has 3 N–H and O–H groups in total. The molecule has 2 aromatic carbocycles. The molecule has 0 aliphatic carbocycles. The molecule has 8 heteroatoms. The van der Waals surface area contributed by atoms with E-state index in [0.29, 0.717) is 11.3 Å². The summed E-state index contributed by atoms with van der Waals surface area (Å²) in [7, 11) is 0. The molecule has 0 radical (unpaired) electrons. The summed E-state index contributed by atoms with van der Waals surface area (Å²) >= 11 is 0. The molecule has 0 unspecified atom stereocenters. The fourth-order valence-corrected chi connectivity index (χ4v) is 2.31. The number of anilines is 1. The van der Waals surface area contributed by atoms with Crippen LogP contribution in [-0.4, -0.2) is 28.7 Å². The van der Waals surface area contributed by atoms with Gasteiger partial charge in [-0.1, -0.05) is 12.1 Å². The number of esters is 1. The summed E-state index contributed by atoms with van der Waals surface area (Å²) in [5.74, 6) is -1.61. The number of carbonyl (C=O) groups is 3. The molecule has 29 heavy (non-hydrogen) atoms. The minimum absolute atomic E-state index is 0.0197. The summed E-state index contributed by atoms with van der Waals surface area (Å²) in [4.78, 5) is 35.4. The van der Waals surface area contributed by atoms with Crippen LogP contribution in [-0.2, 0) is 4.74 Å². The van der Waals surface area contributed by atoms with Gasteiger partial charge in [0.15, 0.2) is 0 Å². The van der Waals surface area contributed by atoms with E-state index in [9.17, 15) is 14.4 Å². The number of rotatable bonds is 5. The standard InChI is InChI=1S/C21H24N2O6/c1-12-6-9-15(10-16(12)22-23-20(27)29-21(3,4)5)19(26)28-17-11-14(18(24)25)8-7-13(17)2/h6-11,22H,1-5H3,(H,23,27)(H,24,25). The van der Waals surface area contributed by atoms with Crippen molar-refractivity contribution in [2.24, 2.45) is 0 Å². The van der Waals surface area contributed by atoms with Crippen molar-refractivity contribution in [3.05, 3.63) is 58.7 Å². The molecule has 0 bridgehead atoms. The summed E-state index contributed by atoms with van der Waals surface area (Å²) < 4.78 is 10.5. The molecule has 0 heterocycles. The zero-order chi connectivity index (χ0) is 21.8. The maximum atomic E-state index is 12.5. The first-order valence-corrected chi connectivity index (χ1v) is 8.88. The van der Waals surface area contributed by atoms with Crippen LogP contribution in [0.25, 0.3) is 0 Å². The number of nitrogens with one attached hydrogen (secondary N) is 2. The SMILES string of the molecule is Cc1ccc(C(=O)Oc2cc(C(=O)O)ccc2C)cc1NNC(=O)OC(C)(C)C. The average molecular weight is 400 g/mol. The van der Waals surface area contributed by atoms with Crippen LogP contribution in [0.3, 0.4) is 0 Å². The summed E-state index contributed by atoms with van der Waals surface area (Å²) in [5, 5.41) is 9.10. The van der Waals surface area contributed by atoms with Crippen LogP contribution in [0.4, 0.5) is 10.5 Å². The topological polar surface area (TPSA) is 114 Å². The molecule has 1 amide bonds. The smallest absolute Gasteiger partial charge is 0.426 e. The van der Waals surface area contributed by atoms with E-state index in [1.807, 2.05) is 0 Å². The van der Waals surface area contributed by atoms with Crippen LogP contribution in [0.5, 0.6) is 5.75 Å². The van der Waals surface area contributed by atoms with Crippen molar-refractivity contribution in [2.75, 3.05) is 5.43 Å². The predicted octanol–water partition coefficient (Wildman–Crippen LogP) is 4.07. The molecule has 0 spiro atoms.